The Balaban J connectivity index is 2.88. The molecule has 2 N–H and O–H groups in total. The van der Waals surface area contributed by atoms with Crippen LogP contribution in [0.5, 0.6) is 5.75 Å². The van der Waals surface area contributed by atoms with Gasteiger partial charge in [0.15, 0.2) is 16.7 Å². The van der Waals surface area contributed by atoms with Gasteiger partial charge in [-0.2, -0.15) is 0 Å². The lowest BCUT2D eigenvalue weighted by Gasteiger charge is -2.23. The molecule has 0 radical (unpaired) electrons. The second-order valence-corrected chi connectivity index (χ2v) is 4.41. The first-order valence-corrected chi connectivity index (χ1v) is 5.89. The Hall–Kier alpha value is -1.07. The van der Waals surface area contributed by atoms with E-state index in [1.54, 1.807) is 0 Å². The van der Waals surface area contributed by atoms with Crippen LogP contribution in [-0.2, 0) is 0 Å². The molecule has 0 aromatic carbocycles. The SMILES string of the molecule is COc1c(Cl)ncnc1NC(CCO)C(C)C. The van der Waals surface area contributed by atoms with Crippen LogP contribution < -0.4 is 10.1 Å². The standard InChI is InChI=1S/C11H18ClN3O2/c1-7(2)8(4-5-16)15-11-9(17-3)10(12)13-6-14-11/h6-8,16H,4-5H2,1-3H3,(H,13,14,15). The molecule has 0 amide bonds. The van der Waals surface area contributed by atoms with E-state index in [9.17, 15) is 0 Å². The van der Waals surface area contributed by atoms with Crippen LogP contribution in [-0.4, -0.2) is 34.8 Å². The summed E-state index contributed by atoms with van der Waals surface area (Å²) in [6.07, 6.45) is 2.02. The van der Waals surface area contributed by atoms with Crippen molar-refractivity contribution in [2.24, 2.45) is 5.92 Å². The van der Waals surface area contributed by atoms with E-state index >= 15 is 0 Å². The van der Waals surface area contributed by atoms with Crippen molar-refractivity contribution in [2.75, 3.05) is 19.0 Å². The van der Waals surface area contributed by atoms with Crippen LogP contribution in [0, 0.1) is 5.92 Å². The monoisotopic (exact) mass is 259 g/mol. The van der Waals surface area contributed by atoms with Crippen LogP contribution in [0.3, 0.4) is 0 Å². The first kappa shape index (κ1) is 14.0. The van der Waals surface area contributed by atoms with Crippen molar-refractivity contribution in [3.05, 3.63) is 11.5 Å². The summed E-state index contributed by atoms with van der Waals surface area (Å²) in [5.74, 6) is 1.35. The number of hydrogen-bond donors (Lipinski definition) is 2. The Morgan fingerprint density at radius 2 is 2.18 bits per heavy atom. The minimum atomic E-state index is 0.111. The van der Waals surface area contributed by atoms with Gasteiger partial charge in [0.1, 0.15) is 6.33 Å². The topological polar surface area (TPSA) is 67.3 Å². The summed E-state index contributed by atoms with van der Waals surface area (Å²) in [6, 6.07) is 0.111. The zero-order valence-electron chi connectivity index (χ0n) is 10.3. The summed E-state index contributed by atoms with van der Waals surface area (Å²) in [5.41, 5.74) is 0. The van der Waals surface area contributed by atoms with E-state index in [0.29, 0.717) is 23.9 Å². The maximum Gasteiger partial charge on any atom is 0.198 e. The molecule has 0 aliphatic heterocycles. The Labute approximate surface area is 106 Å². The molecule has 17 heavy (non-hydrogen) atoms. The van der Waals surface area contributed by atoms with Crippen molar-refractivity contribution < 1.29 is 9.84 Å². The van der Waals surface area contributed by atoms with Crippen LogP contribution >= 0.6 is 11.6 Å². The van der Waals surface area contributed by atoms with E-state index in [2.05, 4.69) is 29.1 Å². The van der Waals surface area contributed by atoms with Gasteiger partial charge in [0.2, 0.25) is 0 Å². The molecular weight excluding hydrogens is 242 g/mol. The summed E-state index contributed by atoms with van der Waals surface area (Å²) < 4.78 is 5.15. The van der Waals surface area contributed by atoms with Crippen molar-refractivity contribution in [3.63, 3.8) is 0 Å². The van der Waals surface area contributed by atoms with Crippen molar-refractivity contribution in [1.29, 1.82) is 0 Å². The highest BCUT2D eigenvalue weighted by Crippen LogP contribution is 2.29. The summed E-state index contributed by atoms with van der Waals surface area (Å²) in [6.45, 7) is 4.27. The number of ether oxygens (including phenoxy) is 1. The van der Waals surface area contributed by atoms with E-state index in [0.717, 1.165) is 0 Å². The quantitative estimate of drug-likeness (QED) is 0.765. The zero-order chi connectivity index (χ0) is 12.8. The van der Waals surface area contributed by atoms with Gasteiger partial charge < -0.3 is 15.2 Å². The lowest BCUT2D eigenvalue weighted by Crippen LogP contribution is -2.27. The molecule has 0 spiro atoms. The van der Waals surface area contributed by atoms with Crippen LogP contribution in [0.4, 0.5) is 5.82 Å². The first-order valence-electron chi connectivity index (χ1n) is 5.52. The van der Waals surface area contributed by atoms with Crippen LogP contribution in [0.2, 0.25) is 5.15 Å². The van der Waals surface area contributed by atoms with E-state index in [-0.39, 0.29) is 17.8 Å². The van der Waals surface area contributed by atoms with E-state index in [4.69, 9.17) is 21.4 Å². The fourth-order valence-corrected chi connectivity index (χ4v) is 1.73. The third kappa shape index (κ3) is 3.71. The minimum Gasteiger partial charge on any atom is -0.490 e. The second-order valence-electron chi connectivity index (χ2n) is 4.05. The predicted molar refractivity (Wildman–Crippen MR) is 67.5 cm³/mol. The summed E-state index contributed by atoms with van der Waals surface area (Å²) in [7, 11) is 1.52. The van der Waals surface area contributed by atoms with Gasteiger partial charge in [-0.1, -0.05) is 25.4 Å². The molecule has 1 unspecified atom stereocenters. The molecule has 0 saturated carbocycles. The van der Waals surface area contributed by atoms with Gasteiger partial charge in [-0.25, -0.2) is 9.97 Å². The molecule has 1 aromatic rings. The predicted octanol–water partition coefficient (Wildman–Crippen LogP) is 1.96. The number of aliphatic hydroxyl groups is 1. The van der Waals surface area contributed by atoms with Gasteiger partial charge in [-0.15, -0.1) is 0 Å². The number of halogens is 1. The van der Waals surface area contributed by atoms with Gasteiger partial charge in [0, 0.05) is 12.6 Å². The number of nitrogens with zero attached hydrogens (tertiary/aromatic N) is 2. The molecule has 5 nitrogen and oxygen atoms in total. The minimum absolute atomic E-state index is 0.111. The van der Waals surface area contributed by atoms with Crippen molar-refractivity contribution in [1.82, 2.24) is 9.97 Å². The van der Waals surface area contributed by atoms with E-state index < -0.39 is 0 Å². The highest BCUT2D eigenvalue weighted by molar-refractivity contribution is 6.31. The smallest absolute Gasteiger partial charge is 0.198 e. The molecule has 6 heteroatoms. The number of aromatic nitrogens is 2. The lowest BCUT2D eigenvalue weighted by atomic mass is 10.0. The zero-order valence-corrected chi connectivity index (χ0v) is 11.0. The molecule has 1 aromatic heterocycles. The van der Waals surface area contributed by atoms with E-state index in [1.165, 1.54) is 13.4 Å². The maximum absolute atomic E-state index is 9.01. The molecule has 0 aliphatic rings. The highest BCUT2D eigenvalue weighted by atomic mass is 35.5. The third-order valence-corrected chi connectivity index (χ3v) is 2.80. The molecule has 0 aliphatic carbocycles. The number of anilines is 1. The average Bonchev–Trinajstić information content (AvgIpc) is 2.28. The number of hydrogen-bond acceptors (Lipinski definition) is 5. The van der Waals surface area contributed by atoms with Crippen molar-refractivity contribution >= 4 is 17.4 Å². The van der Waals surface area contributed by atoms with Crippen LogP contribution in [0.25, 0.3) is 0 Å². The molecule has 1 atom stereocenters. The molecule has 0 bridgehead atoms. The molecule has 96 valence electrons. The Morgan fingerprint density at radius 1 is 1.47 bits per heavy atom. The lowest BCUT2D eigenvalue weighted by molar-refractivity contribution is 0.267. The normalized spacial score (nSPS) is 12.6. The average molecular weight is 260 g/mol. The number of nitrogens with one attached hydrogen (secondary N) is 1. The summed E-state index contributed by atoms with van der Waals surface area (Å²) in [4.78, 5) is 7.95. The summed E-state index contributed by atoms with van der Waals surface area (Å²) >= 11 is 5.90. The third-order valence-electron chi connectivity index (χ3n) is 2.53. The number of aliphatic hydroxyl groups excluding tert-OH is 1. The molecule has 1 rings (SSSR count). The van der Waals surface area contributed by atoms with Crippen LogP contribution in [0.1, 0.15) is 20.3 Å². The van der Waals surface area contributed by atoms with Crippen LogP contribution in [0.15, 0.2) is 6.33 Å². The first-order chi connectivity index (χ1) is 8.10. The van der Waals surface area contributed by atoms with Gasteiger partial charge in [-0.05, 0) is 12.3 Å². The van der Waals surface area contributed by atoms with Gasteiger partial charge >= 0.3 is 0 Å². The maximum atomic E-state index is 9.01. The van der Waals surface area contributed by atoms with Gasteiger partial charge in [-0.3, -0.25) is 0 Å². The van der Waals surface area contributed by atoms with E-state index in [1.807, 2.05) is 0 Å². The highest BCUT2D eigenvalue weighted by Gasteiger charge is 2.17. The van der Waals surface area contributed by atoms with Gasteiger partial charge in [0.25, 0.3) is 0 Å². The second kappa shape index (κ2) is 6.61. The van der Waals surface area contributed by atoms with Gasteiger partial charge in [0.05, 0.1) is 7.11 Å². The number of rotatable bonds is 6. The van der Waals surface area contributed by atoms with Crippen molar-refractivity contribution in [3.8, 4) is 5.75 Å². The Morgan fingerprint density at radius 3 is 2.71 bits per heavy atom. The molecule has 0 fully saturated rings. The fraction of sp³-hybridized carbons (Fsp3) is 0.636. The fourth-order valence-electron chi connectivity index (χ4n) is 1.52. The largest absolute Gasteiger partial charge is 0.490 e. The van der Waals surface area contributed by atoms with Crippen molar-refractivity contribution in [2.45, 2.75) is 26.3 Å². The molecule has 1 heterocycles. The molecule has 0 saturated heterocycles. The summed E-state index contributed by atoms with van der Waals surface area (Å²) in [5, 5.41) is 12.5. The Bertz CT molecular complexity index is 361. The molecular formula is C11H18ClN3O2. The number of methoxy groups -OCH3 is 1. The Kier molecular flexibility index (Phi) is 5.44.